The molecular weight excluding hydrogens is 523 g/mol. The molecule has 1 atom stereocenters. The first-order valence-corrected chi connectivity index (χ1v) is 12.6. The largest absolute Gasteiger partial charge is 0.511 e. The van der Waals surface area contributed by atoms with E-state index in [1.165, 1.54) is 0 Å². The van der Waals surface area contributed by atoms with Crippen molar-refractivity contribution in [2.45, 2.75) is 72.7 Å². The standard InChI is InChI=1S/C21H35O15P/c1-13(2)34-19(25)29-10-28-18(24)16(7-8-17(22)23)9-37(32-11-30-20(26)35-14(3)4)33-12-31-21(27)36-15(5)6/h13-16H,7-12H2,1-6H3,(H,22,23). The van der Waals surface area contributed by atoms with Gasteiger partial charge in [-0.1, -0.05) is 0 Å². The highest BCUT2D eigenvalue weighted by molar-refractivity contribution is 7.47. The van der Waals surface area contributed by atoms with Crippen molar-refractivity contribution in [3.8, 4) is 0 Å². The Morgan fingerprint density at radius 1 is 0.649 bits per heavy atom. The van der Waals surface area contributed by atoms with Crippen molar-refractivity contribution in [2.24, 2.45) is 5.92 Å². The lowest BCUT2D eigenvalue weighted by Crippen LogP contribution is -2.25. The van der Waals surface area contributed by atoms with Gasteiger partial charge in [0.05, 0.1) is 24.2 Å². The first kappa shape index (κ1) is 34.1. The normalized spacial score (nSPS) is 11.7. The van der Waals surface area contributed by atoms with Gasteiger partial charge in [0.25, 0.3) is 0 Å². The zero-order chi connectivity index (χ0) is 28.4. The molecule has 0 saturated carbocycles. The SMILES string of the molecule is CC(C)OC(=O)OCOC(=O)C(CCC(=O)O)CP(OCOC(=O)OC(C)C)OCOC(=O)OC(C)C. The number of ether oxygens (including phenoxy) is 7. The van der Waals surface area contributed by atoms with Crippen LogP contribution in [0.15, 0.2) is 0 Å². The van der Waals surface area contributed by atoms with Crippen LogP contribution in [0.5, 0.6) is 0 Å². The minimum Gasteiger partial charge on any atom is -0.481 e. The first-order chi connectivity index (χ1) is 17.3. The van der Waals surface area contributed by atoms with Crippen LogP contribution in [-0.4, -0.2) is 80.4 Å². The molecule has 15 nitrogen and oxygen atoms in total. The molecule has 16 heteroatoms. The van der Waals surface area contributed by atoms with Crippen molar-refractivity contribution in [3.05, 3.63) is 0 Å². The van der Waals surface area contributed by atoms with Crippen molar-refractivity contribution in [1.82, 2.24) is 0 Å². The molecule has 0 heterocycles. The summed E-state index contributed by atoms with van der Waals surface area (Å²) in [6.07, 6.45) is -5.29. The molecule has 0 amide bonds. The Balaban J connectivity index is 5.16. The van der Waals surface area contributed by atoms with Crippen LogP contribution in [0.2, 0.25) is 0 Å². The lowest BCUT2D eigenvalue weighted by atomic mass is 10.1. The lowest BCUT2D eigenvalue weighted by Gasteiger charge is -2.22. The minimum absolute atomic E-state index is 0.192. The monoisotopic (exact) mass is 558 g/mol. The highest BCUT2D eigenvalue weighted by Crippen LogP contribution is 2.41. The van der Waals surface area contributed by atoms with E-state index in [4.69, 9.17) is 42.6 Å². The minimum atomic E-state index is -2.10. The number of esters is 1. The zero-order valence-electron chi connectivity index (χ0n) is 21.7. The van der Waals surface area contributed by atoms with E-state index in [0.717, 1.165) is 0 Å². The van der Waals surface area contributed by atoms with Crippen molar-refractivity contribution < 1.29 is 71.3 Å². The van der Waals surface area contributed by atoms with Gasteiger partial charge in [0.15, 0.2) is 8.38 Å². The van der Waals surface area contributed by atoms with Crippen LogP contribution in [0, 0.1) is 5.92 Å². The number of hydrogen-bond acceptors (Lipinski definition) is 14. The summed E-state index contributed by atoms with van der Waals surface area (Å²) in [6.45, 7) is 7.56. The molecule has 0 aliphatic rings. The van der Waals surface area contributed by atoms with Gasteiger partial charge < -0.3 is 38.3 Å². The van der Waals surface area contributed by atoms with Crippen molar-refractivity contribution in [1.29, 1.82) is 0 Å². The van der Waals surface area contributed by atoms with Gasteiger partial charge in [-0.25, -0.2) is 14.4 Å². The highest BCUT2D eigenvalue weighted by atomic mass is 31.2. The summed E-state index contributed by atoms with van der Waals surface area (Å²) in [5, 5.41) is 9.02. The zero-order valence-corrected chi connectivity index (χ0v) is 22.6. The molecular formula is C21H35O15P. The van der Waals surface area contributed by atoms with Gasteiger partial charge in [-0.15, -0.1) is 0 Å². The maximum atomic E-state index is 12.5. The molecule has 0 spiro atoms. The number of rotatable bonds is 17. The molecule has 0 aliphatic heterocycles. The van der Waals surface area contributed by atoms with Gasteiger partial charge in [0.2, 0.25) is 20.4 Å². The molecule has 1 unspecified atom stereocenters. The summed E-state index contributed by atoms with van der Waals surface area (Å²) in [7, 11) is -2.10. The second-order valence-electron chi connectivity index (χ2n) is 7.90. The number of aliphatic carboxylic acids is 1. The molecule has 0 radical (unpaired) electrons. The predicted octanol–water partition coefficient (Wildman–Crippen LogP) is 3.91. The molecule has 214 valence electrons. The molecule has 0 bridgehead atoms. The molecule has 37 heavy (non-hydrogen) atoms. The average Bonchev–Trinajstić information content (AvgIpc) is 2.74. The molecule has 0 rings (SSSR count). The Labute approximate surface area is 215 Å². The average molecular weight is 558 g/mol. The van der Waals surface area contributed by atoms with Crippen LogP contribution in [-0.2, 0) is 51.8 Å². The van der Waals surface area contributed by atoms with E-state index < -0.39 is 89.8 Å². The van der Waals surface area contributed by atoms with Crippen molar-refractivity contribution in [3.63, 3.8) is 0 Å². The molecule has 0 fully saturated rings. The van der Waals surface area contributed by atoms with Gasteiger partial charge in [-0.2, -0.15) is 0 Å². The molecule has 0 saturated heterocycles. The van der Waals surface area contributed by atoms with Crippen LogP contribution in [0.1, 0.15) is 54.4 Å². The van der Waals surface area contributed by atoms with E-state index in [-0.39, 0.29) is 12.6 Å². The Hall–Kier alpha value is -2.90. The van der Waals surface area contributed by atoms with Crippen molar-refractivity contribution >= 4 is 38.8 Å². The molecule has 0 aliphatic carbocycles. The van der Waals surface area contributed by atoms with Crippen LogP contribution in [0.25, 0.3) is 0 Å². The predicted molar refractivity (Wildman–Crippen MR) is 123 cm³/mol. The van der Waals surface area contributed by atoms with E-state index in [0.29, 0.717) is 0 Å². The van der Waals surface area contributed by atoms with Crippen LogP contribution in [0.4, 0.5) is 14.4 Å². The number of carbonyl (C=O) groups is 5. The van der Waals surface area contributed by atoms with Crippen LogP contribution < -0.4 is 0 Å². The van der Waals surface area contributed by atoms with E-state index in [2.05, 4.69) is 4.74 Å². The number of carboxylic acid groups (broad SMARTS) is 1. The smallest absolute Gasteiger partial charge is 0.481 e. The summed E-state index contributed by atoms with van der Waals surface area (Å²) in [5.41, 5.74) is 0. The van der Waals surface area contributed by atoms with Gasteiger partial charge in [0, 0.05) is 12.6 Å². The van der Waals surface area contributed by atoms with Crippen LogP contribution in [0.3, 0.4) is 0 Å². The molecule has 0 aromatic carbocycles. The van der Waals surface area contributed by atoms with E-state index >= 15 is 0 Å². The second-order valence-corrected chi connectivity index (χ2v) is 9.45. The summed E-state index contributed by atoms with van der Waals surface area (Å²) >= 11 is 0. The third kappa shape index (κ3) is 19.9. The number of hydrogen-bond donors (Lipinski definition) is 1. The van der Waals surface area contributed by atoms with E-state index in [1.54, 1.807) is 41.5 Å². The fraction of sp³-hybridized carbons (Fsp3) is 0.762. The fourth-order valence-corrected chi connectivity index (χ4v) is 3.42. The third-order valence-electron chi connectivity index (χ3n) is 3.53. The second kappa shape index (κ2) is 19.2. The molecule has 0 aromatic heterocycles. The van der Waals surface area contributed by atoms with Gasteiger partial charge >= 0.3 is 30.4 Å². The lowest BCUT2D eigenvalue weighted by molar-refractivity contribution is -0.158. The Kier molecular flexibility index (Phi) is 17.7. The molecule has 0 aromatic rings. The summed E-state index contributed by atoms with van der Waals surface area (Å²) < 4.78 is 44.1. The van der Waals surface area contributed by atoms with Gasteiger partial charge in [-0.3, -0.25) is 18.6 Å². The summed E-state index contributed by atoms with van der Waals surface area (Å²) in [4.78, 5) is 58.1. The van der Waals surface area contributed by atoms with Crippen molar-refractivity contribution in [2.75, 3.05) is 26.5 Å². The fourth-order valence-electron chi connectivity index (χ4n) is 2.10. The Bertz CT molecular complexity index is 697. The quantitative estimate of drug-likeness (QED) is 0.117. The van der Waals surface area contributed by atoms with Crippen LogP contribution >= 0.6 is 8.38 Å². The summed E-state index contributed by atoms with van der Waals surface area (Å²) in [6, 6.07) is 0. The topological polar surface area (TPSA) is 189 Å². The number of carbonyl (C=O) groups excluding carboxylic acids is 4. The Morgan fingerprint density at radius 3 is 1.43 bits per heavy atom. The Morgan fingerprint density at radius 2 is 1.05 bits per heavy atom. The first-order valence-electron chi connectivity index (χ1n) is 11.2. The molecule has 1 N–H and O–H groups in total. The summed E-state index contributed by atoms with van der Waals surface area (Å²) in [5.74, 6) is -3.20. The van der Waals surface area contributed by atoms with Gasteiger partial charge in [0.1, 0.15) is 0 Å². The van der Waals surface area contributed by atoms with Gasteiger partial charge in [-0.05, 0) is 48.0 Å². The number of carboxylic acids is 1. The maximum Gasteiger partial charge on any atom is 0.511 e. The highest BCUT2D eigenvalue weighted by Gasteiger charge is 2.28. The maximum absolute atomic E-state index is 12.5. The van der Waals surface area contributed by atoms with E-state index in [9.17, 15) is 24.0 Å². The third-order valence-corrected chi connectivity index (χ3v) is 5.06. The van der Waals surface area contributed by atoms with E-state index in [1.807, 2.05) is 0 Å².